The van der Waals surface area contributed by atoms with Crippen molar-refractivity contribution >= 4 is 45.8 Å². The first kappa shape index (κ1) is 22.5. The summed E-state index contributed by atoms with van der Waals surface area (Å²) in [7, 11) is 0. The Morgan fingerprint density at radius 3 is 2.52 bits per heavy atom. The number of carbonyl (C=O) groups excluding carboxylic acids is 3. The first-order valence-electron chi connectivity index (χ1n) is 9.39. The van der Waals surface area contributed by atoms with Gasteiger partial charge in [-0.3, -0.25) is 4.79 Å². The molecule has 0 radical (unpaired) electrons. The number of esters is 2. The highest BCUT2D eigenvalue weighted by Crippen LogP contribution is 2.36. The van der Waals surface area contributed by atoms with Crippen molar-refractivity contribution in [3.63, 3.8) is 0 Å². The van der Waals surface area contributed by atoms with E-state index in [1.165, 1.54) is 36.6 Å². The van der Waals surface area contributed by atoms with Crippen LogP contribution in [0.4, 0.5) is 5.00 Å². The molecule has 1 aromatic carbocycles. The van der Waals surface area contributed by atoms with Gasteiger partial charge >= 0.3 is 11.9 Å². The van der Waals surface area contributed by atoms with Crippen molar-refractivity contribution in [2.24, 2.45) is 0 Å². The number of ether oxygens (including phenoxy) is 2. The van der Waals surface area contributed by atoms with Crippen LogP contribution in [0.3, 0.4) is 0 Å². The zero-order chi connectivity index (χ0) is 22.4. The molecule has 0 spiro atoms. The van der Waals surface area contributed by atoms with Gasteiger partial charge in [-0.1, -0.05) is 41.9 Å². The number of nitrogens with zero attached hydrogens (tertiary/aromatic N) is 1. The molecule has 160 valence electrons. The van der Waals surface area contributed by atoms with E-state index in [-0.39, 0.29) is 22.9 Å². The van der Waals surface area contributed by atoms with Gasteiger partial charge < -0.3 is 14.8 Å². The number of halogens is 1. The van der Waals surface area contributed by atoms with Gasteiger partial charge in [0.25, 0.3) is 5.91 Å². The lowest BCUT2D eigenvalue weighted by Gasteiger charge is -2.13. The van der Waals surface area contributed by atoms with Crippen LogP contribution in [0.2, 0.25) is 5.15 Å². The van der Waals surface area contributed by atoms with Crippen LogP contribution in [-0.2, 0) is 14.3 Å². The molecule has 9 heteroatoms. The third-order valence-corrected chi connectivity index (χ3v) is 5.56. The normalized spacial score (nSPS) is 11.5. The van der Waals surface area contributed by atoms with Crippen LogP contribution in [0.15, 0.2) is 54.7 Å². The molecule has 0 saturated heterocycles. The van der Waals surface area contributed by atoms with E-state index in [1.54, 1.807) is 13.0 Å². The van der Waals surface area contributed by atoms with Crippen LogP contribution < -0.4 is 5.32 Å². The topological polar surface area (TPSA) is 94.6 Å². The number of hydrogen-bond acceptors (Lipinski definition) is 7. The van der Waals surface area contributed by atoms with E-state index >= 15 is 0 Å². The molecule has 1 atom stereocenters. The van der Waals surface area contributed by atoms with Crippen LogP contribution in [0.25, 0.3) is 10.4 Å². The Kier molecular flexibility index (Phi) is 7.38. The highest BCUT2D eigenvalue weighted by molar-refractivity contribution is 7.20. The van der Waals surface area contributed by atoms with Gasteiger partial charge in [0.05, 0.1) is 17.7 Å². The summed E-state index contributed by atoms with van der Waals surface area (Å²) in [5, 5.41) is 2.96. The number of amides is 1. The molecule has 0 aliphatic rings. The smallest absolute Gasteiger partial charge is 0.342 e. The zero-order valence-corrected chi connectivity index (χ0v) is 18.3. The average Bonchev–Trinajstić information content (AvgIpc) is 3.18. The second-order valence-electron chi connectivity index (χ2n) is 6.32. The third-order valence-electron chi connectivity index (χ3n) is 4.15. The molecule has 3 aromatic rings. The fourth-order valence-electron chi connectivity index (χ4n) is 2.62. The molecule has 1 N–H and O–H groups in total. The molecule has 0 bridgehead atoms. The molecule has 0 aliphatic heterocycles. The SMILES string of the molecule is CCOC(=O)c1cc(-c2ccccc2)sc1NC(=O)[C@@H](C)OC(=O)c1cccnc1Cl. The highest BCUT2D eigenvalue weighted by atomic mass is 35.5. The summed E-state index contributed by atoms with van der Waals surface area (Å²) in [6.07, 6.45) is 0.300. The van der Waals surface area contributed by atoms with E-state index in [9.17, 15) is 14.4 Å². The van der Waals surface area contributed by atoms with E-state index in [0.29, 0.717) is 5.00 Å². The van der Waals surface area contributed by atoms with Crippen LogP contribution in [0, 0.1) is 0 Å². The summed E-state index contributed by atoms with van der Waals surface area (Å²) in [6, 6.07) is 14.1. The molecule has 2 aromatic heterocycles. The Hall–Kier alpha value is -3.23. The van der Waals surface area contributed by atoms with Crippen LogP contribution in [0.5, 0.6) is 0 Å². The number of carbonyl (C=O) groups is 3. The van der Waals surface area contributed by atoms with E-state index in [2.05, 4.69) is 10.3 Å². The van der Waals surface area contributed by atoms with E-state index in [0.717, 1.165) is 10.4 Å². The Morgan fingerprint density at radius 2 is 1.84 bits per heavy atom. The number of pyridine rings is 1. The van der Waals surface area contributed by atoms with Crippen LogP contribution in [-0.4, -0.2) is 35.5 Å². The fourth-order valence-corrected chi connectivity index (χ4v) is 3.87. The lowest BCUT2D eigenvalue weighted by atomic mass is 10.1. The third kappa shape index (κ3) is 5.48. The van der Waals surface area contributed by atoms with Crippen molar-refractivity contribution < 1.29 is 23.9 Å². The molecule has 0 saturated carbocycles. The lowest BCUT2D eigenvalue weighted by molar-refractivity contribution is -0.123. The number of hydrogen-bond donors (Lipinski definition) is 1. The number of aromatic nitrogens is 1. The van der Waals surface area contributed by atoms with Gasteiger partial charge in [-0.25, -0.2) is 14.6 Å². The molecule has 7 nitrogen and oxygen atoms in total. The summed E-state index contributed by atoms with van der Waals surface area (Å²) in [6.45, 7) is 3.32. The zero-order valence-electron chi connectivity index (χ0n) is 16.8. The summed E-state index contributed by atoms with van der Waals surface area (Å²) in [5.41, 5.74) is 1.18. The van der Waals surface area contributed by atoms with Gasteiger partial charge in [0.15, 0.2) is 6.10 Å². The molecular weight excluding hydrogens is 440 g/mol. The maximum absolute atomic E-state index is 12.7. The first-order chi connectivity index (χ1) is 14.9. The summed E-state index contributed by atoms with van der Waals surface area (Å²) in [5.74, 6) is -1.93. The minimum absolute atomic E-state index is 0.0181. The summed E-state index contributed by atoms with van der Waals surface area (Å²) < 4.78 is 10.3. The second kappa shape index (κ2) is 10.2. The van der Waals surface area contributed by atoms with Gasteiger partial charge in [-0.2, -0.15) is 0 Å². The number of nitrogens with one attached hydrogen (secondary N) is 1. The number of anilines is 1. The minimum Gasteiger partial charge on any atom is -0.462 e. The lowest BCUT2D eigenvalue weighted by Crippen LogP contribution is -2.30. The molecule has 0 unspecified atom stereocenters. The molecule has 3 rings (SSSR count). The van der Waals surface area contributed by atoms with Crippen molar-refractivity contribution in [1.82, 2.24) is 4.98 Å². The second-order valence-corrected chi connectivity index (χ2v) is 7.73. The van der Waals surface area contributed by atoms with Gasteiger partial charge in [0.2, 0.25) is 0 Å². The van der Waals surface area contributed by atoms with Crippen molar-refractivity contribution in [2.75, 3.05) is 11.9 Å². The van der Waals surface area contributed by atoms with Crippen molar-refractivity contribution in [1.29, 1.82) is 0 Å². The van der Waals surface area contributed by atoms with Crippen LogP contribution in [0.1, 0.15) is 34.6 Å². The van der Waals surface area contributed by atoms with E-state index in [1.807, 2.05) is 30.3 Å². The standard InChI is InChI=1S/C22H19ClN2O5S/c1-3-29-21(27)16-12-17(14-8-5-4-6-9-14)31-20(16)25-19(26)13(2)30-22(28)15-10-7-11-24-18(15)23/h4-13H,3H2,1-2H3,(H,25,26)/t13-/m1/s1. The largest absolute Gasteiger partial charge is 0.462 e. The Morgan fingerprint density at radius 1 is 1.10 bits per heavy atom. The summed E-state index contributed by atoms with van der Waals surface area (Å²) in [4.78, 5) is 41.9. The first-order valence-corrected chi connectivity index (χ1v) is 10.6. The van der Waals surface area contributed by atoms with Gasteiger partial charge in [0, 0.05) is 11.1 Å². The quantitative estimate of drug-likeness (QED) is 0.402. The minimum atomic E-state index is -1.14. The molecule has 0 fully saturated rings. The Labute approximate surface area is 188 Å². The predicted octanol–water partition coefficient (Wildman–Crippen LogP) is 4.82. The fraction of sp³-hybridized carbons (Fsp3) is 0.182. The maximum atomic E-state index is 12.7. The highest BCUT2D eigenvalue weighted by Gasteiger charge is 2.25. The molecule has 0 aliphatic carbocycles. The van der Waals surface area contributed by atoms with E-state index in [4.69, 9.17) is 21.1 Å². The van der Waals surface area contributed by atoms with Crippen LogP contribution >= 0.6 is 22.9 Å². The average molecular weight is 459 g/mol. The Balaban J connectivity index is 1.79. The monoisotopic (exact) mass is 458 g/mol. The summed E-state index contributed by atoms with van der Waals surface area (Å²) >= 11 is 7.12. The van der Waals surface area contributed by atoms with E-state index < -0.39 is 23.9 Å². The number of benzene rings is 1. The predicted molar refractivity (Wildman–Crippen MR) is 118 cm³/mol. The molecule has 2 heterocycles. The van der Waals surface area contributed by atoms with Gasteiger partial charge in [0.1, 0.15) is 10.2 Å². The Bertz CT molecular complexity index is 1100. The molecular formula is C22H19ClN2O5S. The number of rotatable bonds is 7. The van der Waals surface area contributed by atoms with Gasteiger partial charge in [-0.15, -0.1) is 11.3 Å². The van der Waals surface area contributed by atoms with Crippen molar-refractivity contribution in [3.8, 4) is 10.4 Å². The maximum Gasteiger partial charge on any atom is 0.342 e. The molecule has 1 amide bonds. The van der Waals surface area contributed by atoms with Crippen molar-refractivity contribution in [2.45, 2.75) is 20.0 Å². The number of thiophene rings is 1. The molecule has 31 heavy (non-hydrogen) atoms. The van der Waals surface area contributed by atoms with Gasteiger partial charge in [-0.05, 0) is 37.6 Å². The van der Waals surface area contributed by atoms with Crippen molar-refractivity contribution in [3.05, 3.63) is 71.0 Å².